The molecule has 0 amide bonds. The van der Waals surface area contributed by atoms with Crippen LogP contribution in [0.1, 0.15) is 17.0 Å². The molecule has 0 atom stereocenters. The molecule has 0 aliphatic heterocycles. The van der Waals surface area contributed by atoms with Crippen molar-refractivity contribution in [3.05, 3.63) is 65.7 Å². The standard InChI is InChI=1S/C17H16F3N5S/c1-25-15(10-22-14-6-2-5-13(8-14)17(18,19)20)23-24-16(25)26-11-12-4-3-7-21-9-12/h2-9,22H,10-11H2,1H3. The molecule has 0 radical (unpaired) electrons. The zero-order valence-corrected chi connectivity index (χ0v) is 14.7. The second-order valence-corrected chi connectivity index (χ2v) is 6.48. The molecule has 0 aliphatic rings. The minimum absolute atomic E-state index is 0.276. The number of nitrogens with zero attached hydrogens (tertiary/aromatic N) is 4. The SMILES string of the molecule is Cn1c(CNc2cccc(C(F)(F)F)c2)nnc1SCc1cccnc1. The first-order valence-electron chi connectivity index (χ1n) is 7.74. The lowest BCUT2D eigenvalue weighted by Gasteiger charge is -2.10. The molecule has 2 aromatic heterocycles. The van der Waals surface area contributed by atoms with Crippen LogP contribution in [0.4, 0.5) is 18.9 Å². The van der Waals surface area contributed by atoms with Crippen molar-refractivity contribution in [2.45, 2.75) is 23.6 Å². The highest BCUT2D eigenvalue weighted by Crippen LogP contribution is 2.30. The first kappa shape index (κ1) is 18.2. The molecule has 1 N–H and O–H groups in total. The number of rotatable bonds is 6. The summed E-state index contributed by atoms with van der Waals surface area (Å²) in [6, 6.07) is 8.93. The van der Waals surface area contributed by atoms with Crippen molar-refractivity contribution in [2.75, 3.05) is 5.32 Å². The topological polar surface area (TPSA) is 55.6 Å². The van der Waals surface area contributed by atoms with E-state index >= 15 is 0 Å². The normalized spacial score (nSPS) is 11.5. The highest BCUT2D eigenvalue weighted by Gasteiger charge is 2.30. The molecular weight excluding hydrogens is 363 g/mol. The van der Waals surface area contributed by atoms with Gasteiger partial charge in [0.2, 0.25) is 0 Å². The van der Waals surface area contributed by atoms with Gasteiger partial charge in [0.15, 0.2) is 11.0 Å². The number of nitrogens with one attached hydrogen (secondary N) is 1. The number of thioether (sulfide) groups is 1. The third-order valence-electron chi connectivity index (χ3n) is 3.66. The molecule has 9 heteroatoms. The van der Waals surface area contributed by atoms with E-state index in [0.717, 1.165) is 22.9 Å². The first-order valence-corrected chi connectivity index (χ1v) is 8.73. The summed E-state index contributed by atoms with van der Waals surface area (Å²) >= 11 is 1.52. The van der Waals surface area contributed by atoms with E-state index < -0.39 is 11.7 Å². The lowest BCUT2D eigenvalue weighted by Crippen LogP contribution is -2.08. The zero-order valence-electron chi connectivity index (χ0n) is 13.9. The van der Waals surface area contributed by atoms with E-state index in [1.54, 1.807) is 18.5 Å². The molecule has 3 rings (SSSR count). The number of pyridine rings is 1. The van der Waals surface area contributed by atoms with Crippen LogP contribution in [0.5, 0.6) is 0 Å². The van der Waals surface area contributed by atoms with Crippen molar-refractivity contribution in [3.8, 4) is 0 Å². The van der Waals surface area contributed by atoms with Crippen molar-refractivity contribution in [1.82, 2.24) is 19.7 Å². The Morgan fingerprint density at radius 3 is 2.73 bits per heavy atom. The van der Waals surface area contributed by atoms with Gasteiger partial charge in [0, 0.05) is 30.9 Å². The van der Waals surface area contributed by atoms with E-state index in [1.165, 1.54) is 17.8 Å². The van der Waals surface area contributed by atoms with E-state index in [2.05, 4.69) is 20.5 Å². The summed E-state index contributed by atoms with van der Waals surface area (Å²) in [5.41, 5.74) is 0.768. The molecule has 0 saturated heterocycles. The van der Waals surface area contributed by atoms with Gasteiger partial charge in [-0.1, -0.05) is 23.9 Å². The maximum atomic E-state index is 12.8. The fourth-order valence-corrected chi connectivity index (χ4v) is 3.11. The van der Waals surface area contributed by atoms with Crippen LogP contribution in [0.2, 0.25) is 0 Å². The van der Waals surface area contributed by atoms with Gasteiger partial charge in [-0.05, 0) is 29.8 Å². The average Bonchev–Trinajstić information content (AvgIpc) is 2.98. The quantitative estimate of drug-likeness (QED) is 0.653. The molecule has 2 heterocycles. The van der Waals surface area contributed by atoms with E-state index in [0.29, 0.717) is 17.3 Å². The van der Waals surface area contributed by atoms with Crippen LogP contribution in [-0.2, 0) is 25.5 Å². The van der Waals surface area contributed by atoms with Crippen molar-refractivity contribution in [2.24, 2.45) is 7.05 Å². The van der Waals surface area contributed by atoms with Gasteiger partial charge in [-0.2, -0.15) is 13.2 Å². The zero-order chi connectivity index (χ0) is 18.6. The lowest BCUT2D eigenvalue weighted by atomic mass is 10.2. The molecule has 0 unspecified atom stereocenters. The monoisotopic (exact) mass is 379 g/mol. The Balaban J connectivity index is 1.62. The van der Waals surface area contributed by atoms with Gasteiger partial charge in [0.1, 0.15) is 0 Å². The van der Waals surface area contributed by atoms with Crippen LogP contribution < -0.4 is 5.32 Å². The number of hydrogen-bond acceptors (Lipinski definition) is 5. The molecule has 26 heavy (non-hydrogen) atoms. The molecule has 0 aliphatic carbocycles. The summed E-state index contributed by atoms with van der Waals surface area (Å²) in [5, 5.41) is 11.9. The Morgan fingerprint density at radius 1 is 1.15 bits per heavy atom. The average molecular weight is 379 g/mol. The molecule has 0 saturated carbocycles. The minimum atomic E-state index is -4.36. The van der Waals surface area contributed by atoms with Crippen molar-refractivity contribution in [3.63, 3.8) is 0 Å². The molecule has 1 aromatic carbocycles. The van der Waals surface area contributed by atoms with Gasteiger partial charge in [-0.25, -0.2) is 0 Å². The molecule has 136 valence electrons. The third kappa shape index (κ3) is 4.54. The van der Waals surface area contributed by atoms with Crippen molar-refractivity contribution >= 4 is 17.4 Å². The van der Waals surface area contributed by atoms with Crippen LogP contribution in [0, 0.1) is 0 Å². The largest absolute Gasteiger partial charge is 0.416 e. The summed E-state index contributed by atoms with van der Waals surface area (Å²) in [6.07, 6.45) is -0.855. The molecule has 0 fully saturated rings. The number of benzene rings is 1. The Kier molecular flexibility index (Phi) is 5.46. The Morgan fingerprint density at radius 2 is 2.00 bits per heavy atom. The molecule has 3 aromatic rings. The number of anilines is 1. The number of alkyl halides is 3. The number of hydrogen-bond donors (Lipinski definition) is 1. The molecular formula is C17H16F3N5S. The highest BCUT2D eigenvalue weighted by atomic mass is 32.2. The van der Waals surface area contributed by atoms with E-state index in [9.17, 15) is 13.2 Å². The minimum Gasteiger partial charge on any atom is -0.378 e. The number of aromatic nitrogens is 4. The van der Waals surface area contributed by atoms with Gasteiger partial charge in [0.05, 0.1) is 12.1 Å². The van der Waals surface area contributed by atoms with E-state index in [1.807, 2.05) is 23.7 Å². The van der Waals surface area contributed by atoms with Gasteiger partial charge >= 0.3 is 6.18 Å². The van der Waals surface area contributed by atoms with Crippen LogP contribution in [-0.4, -0.2) is 19.7 Å². The van der Waals surface area contributed by atoms with Crippen molar-refractivity contribution < 1.29 is 13.2 Å². The van der Waals surface area contributed by atoms with Crippen LogP contribution in [0.3, 0.4) is 0 Å². The maximum absolute atomic E-state index is 12.8. The Labute approximate surface area is 152 Å². The molecule has 5 nitrogen and oxygen atoms in total. The van der Waals surface area contributed by atoms with Crippen molar-refractivity contribution in [1.29, 1.82) is 0 Å². The Hall–Kier alpha value is -2.55. The first-order chi connectivity index (χ1) is 12.4. The van der Waals surface area contributed by atoms with Gasteiger partial charge < -0.3 is 9.88 Å². The fraction of sp³-hybridized carbons (Fsp3) is 0.235. The molecule has 0 bridgehead atoms. The second-order valence-electron chi connectivity index (χ2n) is 5.54. The Bertz CT molecular complexity index is 864. The lowest BCUT2D eigenvalue weighted by molar-refractivity contribution is -0.137. The molecule has 0 spiro atoms. The predicted molar refractivity (Wildman–Crippen MR) is 93.6 cm³/mol. The van der Waals surface area contributed by atoms with Crippen LogP contribution in [0.25, 0.3) is 0 Å². The summed E-state index contributed by atoms with van der Waals surface area (Å²) in [5.74, 6) is 1.34. The second kappa shape index (κ2) is 7.77. The van der Waals surface area contributed by atoms with Gasteiger partial charge in [0.25, 0.3) is 0 Å². The van der Waals surface area contributed by atoms with Crippen LogP contribution >= 0.6 is 11.8 Å². The highest BCUT2D eigenvalue weighted by molar-refractivity contribution is 7.98. The summed E-state index contributed by atoms with van der Waals surface area (Å²) in [7, 11) is 1.83. The van der Waals surface area contributed by atoms with Gasteiger partial charge in [-0.3, -0.25) is 4.98 Å². The summed E-state index contributed by atoms with van der Waals surface area (Å²) in [4.78, 5) is 4.07. The smallest absolute Gasteiger partial charge is 0.378 e. The third-order valence-corrected chi connectivity index (χ3v) is 4.75. The predicted octanol–water partition coefficient (Wildman–Crippen LogP) is 4.13. The number of halogens is 3. The van der Waals surface area contributed by atoms with Crippen LogP contribution in [0.15, 0.2) is 53.9 Å². The van der Waals surface area contributed by atoms with Gasteiger partial charge in [-0.15, -0.1) is 10.2 Å². The van der Waals surface area contributed by atoms with E-state index in [-0.39, 0.29) is 6.54 Å². The fourth-order valence-electron chi connectivity index (χ4n) is 2.24. The maximum Gasteiger partial charge on any atom is 0.416 e. The van der Waals surface area contributed by atoms with E-state index in [4.69, 9.17) is 0 Å². The summed E-state index contributed by atoms with van der Waals surface area (Å²) in [6.45, 7) is 0.276. The summed E-state index contributed by atoms with van der Waals surface area (Å²) < 4.78 is 40.1.